The molecule has 8 heteroatoms. The van der Waals surface area contributed by atoms with Gasteiger partial charge in [0, 0.05) is 36.5 Å². The second-order valence-electron chi connectivity index (χ2n) is 7.12. The molecule has 0 saturated carbocycles. The molecule has 0 aliphatic heterocycles. The molecule has 2 aromatic heterocycles. The maximum atomic E-state index is 5.62. The summed E-state index contributed by atoms with van der Waals surface area (Å²) in [6, 6.07) is 18.4. The van der Waals surface area contributed by atoms with Crippen molar-refractivity contribution in [3.63, 3.8) is 0 Å². The molecule has 0 saturated heterocycles. The Hall–Kier alpha value is -2.72. The van der Waals surface area contributed by atoms with Crippen LogP contribution in [0.1, 0.15) is 17.0 Å². The van der Waals surface area contributed by atoms with E-state index >= 15 is 0 Å². The highest BCUT2D eigenvalue weighted by molar-refractivity contribution is 14.0. The van der Waals surface area contributed by atoms with E-state index in [2.05, 4.69) is 45.0 Å². The highest BCUT2D eigenvalue weighted by atomic mass is 127. The van der Waals surface area contributed by atoms with Crippen molar-refractivity contribution in [3.8, 4) is 22.0 Å². The van der Waals surface area contributed by atoms with Crippen molar-refractivity contribution in [3.05, 3.63) is 83.2 Å². The molecule has 6 nitrogen and oxygen atoms in total. The summed E-state index contributed by atoms with van der Waals surface area (Å²) >= 11 is 1.67. The molecule has 0 amide bonds. The SMILES string of the molecule is CN=C(NCCc1csc(-c2ccccc2)n1)NCc1coc(-c2ccc(C)cc2)n1.I. The monoisotopic (exact) mass is 559 g/mol. The predicted molar refractivity (Wildman–Crippen MR) is 142 cm³/mol. The largest absolute Gasteiger partial charge is 0.444 e. The van der Waals surface area contributed by atoms with Crippen LogP contribution in [0.3, 0.4) is 0 Å². The van der Waals surface area contributed by atoms with E-state index in [1.165, 1.54) is 5.56 Å². The Labute approximate surface area is 209 Å². The molecule has 0 fully saturated rings. The molecule has 32 heavy (non-hydrogen) atoms. The van der Waals surface area contributed by atoms with Crippen molar-refractivity contribution in [2.24, 2.45) is 4.99 Å². The number of hydrogen-bond acceptors (Lipinski definition) is 5. The fourth-order valence-corrected chi connectivity index (χ4v) is 3.92. The third-order valence-corrected chi connectivity index (χ3v) is 5.70. The lowest BCUT2D eigenvalue weighted by Crippen LogP contribution is -2.37. The number of oxazole rings is 1. The number of thiazole rings is 1. The van der Waals surface area contributed by atoms with E-state index in [-0.39, 0.29) is 24.0 Å². The molecule has 0 aliphatic carbocycles. The molecule has 0 bridgehead atoms. The van der Waals surface area contributed by atoms with Gasteiger partial charge in [-0.25, -0.2) is 9.97 Å². The van der Waals surface area contributed by atoms with Crippen LogP contribution < -0.4 is 10.6 Å². The number of aromatic nitrogens is 2. The van der Waals surface area contributed by atoms with Crippen molar-refractivity contribution in [2.75, 3.05) is 13.6 Å². The van der Waals surface area contributed by atoms with E-state index in [9.17, 15) is 0 Å². The van der Waals surface area contributed by atoms with Crippen LogP contribution >= 0.6 is 35.3 Å². The second kappa shape index (κ2) is 11.8. The van der Waals surface area contributed by atoms with Crippen LogP contribution in [0, 0.1) is 6.92 Å². The third kappa shape index (κ3) is 6.39. The van der Waals surface area contributed by atoms with E-state index in [0.717, 1.165) is 46.4 Å². The van der Waals surface area contributed by atoms with Crippen molar-refractivity contribution >= 4 is 41.3 Å². The number of halogens is 1. The number of hydrogen-bond donors (Lipinski definition) is 2. The molecule has 0 radical (unpaired) electrons. The molecule has 0 unspecified atom stereocenters. The number of aryl methyl sites for hydroxylation is 1. The molecule has 166 valence electrons. The maximum Gasteiger partial charge on any atom is 0.226 e. The zero-order chi connectivity index (χ0) is 21.5. The van der Waals surface area contributed by atoms with E-state index in [1.54, 1.807) is 24.6 Å². The fraction of sp³-hybridized carbons (Fsp3) is 0.208. The molecule has 2 N–H and O–H groups in total. The Bertz CT molecular complexity index is 1140. The molecule has 0 atom stereocenters. The standard InChI is InChI=1S/C24H25N5OS.HI/c1-17-8-10-18(11-9-17)22-28-21(15-30-22)14-27-24(25-2)26-13-12-20-16-31-23(29-20)19-6-4-3-5-7-19;/h3-11,15-16H,12-14H2,1-2H3,(H2,25,26,27);1H. The van der Waals surface area contributed by atoms with Gasteiger partial charge in [0.25, 0.3) is 0 Å². The minimum absolute atomic E-state index is 0. The van der Waals surface area contributed by atoms with Gasteiger partial charge in [-0.05, 0) is 19.1 Å². The van der Waals surface area contributed by atoms with Gasteiger partial charge in [-0.1, -0.05) is 48.0 Å². The fourth-order valence-electron chi connectivity index (χ4n) is 3.06. The number of nitrogens with zero attached hydrogens (tertiary/aromatic N) is 3. The number of rotatable bonds is 7. The Morgan fingerprint density at radius 1 is 0.969 bits per heavy atom. The summed E-state index contributed by atoms with van der Waals surface area (Å²) in [5, 5.41) is 9.77. The lowest BCUT2D eigenvalue weighted by molar-refractivity contribution is 0.572. The summed E-state index contributed by atoms with van der Waals surface area (Å²) in [5.74, 6) is 1.34. The second-order valence-corrected chi connectivity index (χ2v) is 7.98. The lowest BCUT2D eigenvalue weighted by Gasteiger charge is -2.10. The topological polar surface area (TPSA) is 75.3 Å². The van der Waals surface area contributed by atoms with Crippen LogP contribution in [0.2, 0.25) is 0 Å². The van der Waals surface area contributed by atoms with Gasteiger partial charge >= 0.3 is 0 Å². The summed E-state index contributed by atoms with van der Waals surface area (Å²) in [4.78, 5) is 13.6. The van der Waals surface area contributed by atoms with Crippen LogP contribution in [-0.2, 0) is 13.0 Å². The molecule has 4 aromatic rings. The number of aliphatic imine (C=N–C) groups is 1. The average molecular weight is 559 g/mol. The zero-order valence-electron chi connectivity index (χ0n) is 18.0. The van der Waals surface area contributed by atoms with Gasteiger partial charge in [-0.15, -0.1) is 35.3 Å². The van der Waals surface area contributed by atoms with Crippen molar-refractivity contribution in [2.45, 2.75) is 19.9 Å². The maximum absolute atomic E-state index is 5.62. The number of guanidine groups is 1. The summed E-state index contributed by atoms with van der Waals surface area (Å²) in [6.45, 7) is 3.33. The van der Waals surface area contributed by atoms with Gasteiger partial charge < -0.3 is 15.1 Å². The molecule has 2 aromatic carbocycles. The number of benzene rings is 2. The van der Waals surface area contributed by atoms with Gasteiger partial charge in [0.05, 0.1) is 17.9 Å². The smallest absolute Gasteiger partial charge is 0.226 e. The Kier molecular flexibility index (Phi) is 8.81. The van der Waals surface area contributed by atoms with E-state index in [0.29, 0.717) is 12.4 Å². The molecular weight excluding hydrogens is 533 g/mol. The summed E-state index contributed by atoms with van der Waals surface area (Å²) < 4.78 is 5.62. The van der Waals surface area contributed by atoms with E-state index in [4.69, 9.17) is 9.40 Å². The van der Waals surface area contributed by atoms with E-state index in [1.807, 2.05) is 42.5 Å². The predicted octanol–water partition coefficient (Wildman–Crippen LogP) is 5.30. The number of nitrogens with one attached hydrogen (secondary N) is 2. The van der Waals surface area contributed by atoms with Gasteiger partial charge in [0.2, 0.25) is 5.89 Å². The van der Waals surface area contributed by atoms with Crippen LogP contribution in [0.15, 0.2) is 75.7 Å². The van der Waals surface area contributed by atoms with Crippen LogP contribution in [-0.4, -0.2) is 29.5 Å². The van der Waals surface area contributed by atoms with Gasteiger partial charge in [0.15, 0.2) is 5.96 Å². The van der Waals surface area contributed by atoms with Crippen LogP contribution in [0.4, 0.5) is 0 Å². The quantitative estimate of drug-likeness (QED) is 0.183. The van der Waals surface area contributed by atoms with Crippen molar-refractivity contribution in [1.29, 1.82) is 0 Å². The molecule has 0 spiro atoms. The molecule has 0 aliphatic rings. The first-order chi connectivity index (χ1) is 15.2. The highest BCUT2D eigenvalue weighted by Gasteiger charge is 2.08. The Morgan fingerprint density at radius 3 is 2.50 bits per heavy atom. The average Bonchev–Trinajstić information content (AvgIpc) is 3.47. The summed E-state index contributed by atoms with van der Waals surface area (Å²) in [6.07, 6.45) is 2.50. The minimum Gasteiger partial charge on any atom is -0.444 e. The minimum atomic E-state index is 0. The van der Waals surface area contributed by atoms with Crippen LogP contribution in [0.25, 0.3) is 22.0 Å². The normalized spacial score (nSPS) is 11.1. The summed E-state index contributed by atoms with van der Waals surface area (Å²) in [5.41, 5.74) is 5.23. The first-order valence-corrected chi connectivity index (χ1v) is 11.0. The van der Waals surface area contributed by atoms with Gasteiger partial charge in [-0.3, -0.25) is 4.99 Å². The molecule has 2 heterocycles. The van der Waals surface area contributed by atoms with Gasteiger partial charge in [0.1, 0.15) is 11.3 Å². The summed E-state index contributed by atoms with van der Waals surface area (Å²) in [7, 11) is 1.76. The van der Waals surface area contributed by atoms with Gasteiger partial charge in [-0.2, -0.15) is 0 Å². The lowest BCUT2D eigenvalue weighted by atomic mass is 10.1. The Morgan fingerprint density at radius 2 is 1.75 bits per heavy atom. The first kappa shape index (κ1) is 23.9. The third-order valence-electron chi connectivity index (χ3n) is 4.76. The Balaban J connectivity index is 0.00000289. The first-order valence-electron chi connectivity index (χ1n) is 10.2. The molecular formula is C24H26IN5OS. The van der Waals surface area contributed by atoms with Crippen molar-refractivity contribution in [1.82, 2.24) is 20.6 Å². The van der Waals surface area contributed by atoms with Crippen molar-refractivity contribution < 1.29 is 4.42 Å². The highest BCUT2D eigenvalue weighted by Crippen LogP contribution is 2.23. The van der Waals surface area contributed by atoms with Crippen LogP contribution in [0.5, 0.6) is 0 Å². The van der Waals surface area contributed by atoms with E-state index < -0.39 is 0 Å². The zero-order valence-corrected chi connectivity index (χ0v) is 21.2. The molecule has 4 rings (SSSR count).